The van der Waals surface area contributed by atoms with Gasteiger partial charge >= 0.3 is 0 Å². The first kappa shape index (κ1) is 14.7. The van der Waals surface area contributed by atoms with Gasteiger partial charge in [0.15, 0.2) is 0 Å². The van der Waals surface area contributed by atoms with Crippen molar-refractivity contribution in [3.63, 3.8) is 0 Å². The molecule has 0 unspecified atom stereocenters. The Morgan fingerprint density at radius 2 is 2.00 bits per heavy atom. The number of aliphatic hydroxyl groups excluding tert-OH is 1. The van der Waals surface area contributed by atoms with Crippen LogP contribution in [0.15, 0.2) is 36.9 Å². The van der Waals surface area contributed by atoms with Crippen molar-refractivity contribution < 1.29 is 9.84 Å². The van der Waals surface area contributed by atoms with Crippen molar-refractivity contribution in [2.24, 2.45) is 5.73 Å². The van der Waals surface area contributed by atoms with Crippen LogP contribution in [-0.4, -0.2) is 42.9 Å². The summed E-state index contributed by atoms with van der Waals surface area (Å²) in [6.07, 6.45) is 1.83. The Labute approximate surface area is 109 Å². The molecule has 0 bridgehead atoms. The first-order chi connectivity index (χ1) is 8.80. The second-order valence-corrected chi connectivity index (χ2v) is 4.01. The van der Waals surface area contributed by atoms with Crippen LogP contribution in [0.5, 0.6) is 5.75 Å². The lowest BCUT2D eigenvalue weighted by molar-refractivity contribution is 0.180. The number of nitrogens with zero attached hydrogens (tertiary/aromatic N) is 1. The number of hydrogen-bond donors (Lipinski definition) is 2. The van der Waals surface area contributed by atoms with E-state index in [9.17, 15) is 0 Å². The van der Waals surface area contributed by atoms with Crippen molar-refractivity contribution in [3.05, 3.63) is 42.5 Å². The lowest BCUT2D eigenvalue weighted by Crippen LogP contribution is -2.31. The van der Waals surface area contributed by atoms with Gasteiger partial charge in [0.25, 0.3) is 0 Å². The van der Waals surface area contributed by atoms with Gasteiger partial charge in [0.05, 0.1) is 6.61 Å². The summed E-state index contributed by atoms with van der Waals surface area (Å²) in [6, 6.07) is 7.77. The Hall–Kier alpha value is -1.36. The van der Waals surface area contributed by atoms with Crippen LogP contribution in [0.25, 0.3) is 0 Å². The van der Waals surface area contributed by atoms with E-state index in [2.05, 4.69) is 11.5 Å². The van der Waals surface area contributed by atoms with Gasteiger partial charge in [-0.1, -0.05) is 18.2 Å². The molecule has 4 nitrogen and oxygen atoms in total. The molecule has 0 saturated heterocycles. The molecule has 1 aromatic carbocycles. The Morgan fingerprint density at radius 1 is 1.28 bits per heavy atom. The molecule has 0 aromatic heterocycles. The molecule has 4 heteroatoms. The average molecular weight is 250 g/mol. The van der Waals surface area contributed by atoms with Crippen molar-refractivity contribution in [1.29, 1.82) is 0 Å². The van der Waals surface area contributed by atoms with Crippen LogP contribution < -0.4 is 10.5 Å². The van der Waals surface area contributed by atoms with Crippen LogP contribution in [0.2, 0.25) is 0 Å². The van der Waals surface area contributed by atoms with Crippen molar-refractivity contribution in [2.75, 3.05) is 32.8 Å². The highest BCUT2D eigenvalue weighted by Gasteiger charge is 2.02. The first-order valence-electron chi connectivity index (χ1n) is 6.16. The molecule has 0 fully saturated rings. The second-order valence-electron chi connectivity index (χ2n) is 4.01. The Bertz CT molecular complexity index is 338. The molecule has 0 aliphatic carbocycles. The molecule has 1 rings (SSSR count). The zero-order valence-corrected chi connectivity index (χ0v) is 10.7. The molecule has 18 heavy (non-hydrogen) atoms. The standard InChI is InChI=1S/C14H22N2O2/c1-2-7-16(8-10-17)9-11-18-14-5-3-13(12-15)4-6-14/h2-6,17H,1,7-12,15H2. The quantitative estimate of drug-likeness (QED) is 0.642. The maximum Gasteiger partial charge on any atom is 0.119 e. The van der Waals surface area contributed by atoms with Crippen LogP contribution in [0, 0.1) is 0 Å². The van der Waals surface area contributed by atoms with Gasteiger partial charge < -0.3 is 15.6 Å². The molecular formula is C14H22N2O2. The molecule has 0 radical (unpaired) electrons. The molecule has 0 atom stereocenters. The summed E-state index contributed by atoms with van der Waals surface area (Å²) in [4.78, 5) is 2.08. The van der Waals surface area contributed by atoms with E-state index in [1.165, 1.54) is 0 Å². The van der Waals surface area contributed by atoms with E-state index in [1.54, 1.807) is 0 Å². The van der Waals surface area contributed by atoms with Gasteiger partial charge in [-0.15, -0.1) is 6.58 Å². The highest BCUT2D eigenvalue weighted by atomic mass is 16.5. The highest BCUT2D eigenvalue weighted by Crippen LogP contribution is 2.11. The highest BCUT2D eigenvalue weighted by molar-refractivity contribution is 5.27. The summed E-state index contributed by atoms with van der Waals surface area (Å²) in [7, 11) is 0. The van der Waals surface area contributed by atoms with Gasteiger partial charge in [-0.2, -0.15) is 0 Å². The predicted octanol–water partition coefficient (Wildman–Crippen LogP) is 1.00. The minimum Gasteiger partial charge on any atom is -0.492 e. The minimum absolute atomic E-state index is 0.152. The summed E-state index contributed by atoms with van der Waals surface area (Å²) >= 11 is 0. The molecule has 100 valence electrons. The van der Waals surface area contributed by atoms with Gasteiger partial charge in [-0.3, -0.25) is 4.90 Å². The molecular weight excluding hydrogens is 228 g/mol. The average Bonchev–Trinajstić information content (AvgIpc) is 2.40. The molecule has 0 saturated carbocycles. The zero-order chi connectivity index (χ0) is 13.2. The second kappa shape index (κ2) is 8.69. The fourth-order valence-electron chi connectivity index (χ4n) is 1.63. The van der Waals surface area contributed by atoms with Crippen LogP contribution in [-0.2, 0) is 6.54 Å². The number of nitrogens with two attached hydrogens (primary N) is 1. The summed E-state index contributed by atoms with van der Waals surface area (Å²) in [6.45, 7) is 7.15. The van der Waals surface area contributed by atoms with E-state index in [-0.39, 0.29) is 6.61 Å². The smallest absolute Gasteiger partial charge is 0.119 e. The van der Waals surface area contributed by atoms with Crippen LogP contribution >= 0.6 is 0 Å². The monoisotopic (exact) mass is 250 g/mol. The van der Waals surface area contributed by atoms with Crippen LogP contribution in [0.3, 0.4) is 0 Å². The summed E-state index contributed by atoms with van der Waals surface area (Å²) in [5.41, 5.74) is 6.62. The fraction of sp³-hybridized carbons (Fsp3) is 0.429. The van der Waals surface area contributed by atoms with Crippen LogP contribution in [0.4, 0.5) is 0 Å². The van der Waals surface area contributed by atoms with Crippen molar-refractivity contribution in [1.82, 2.24) is 4.90 Å². The Kier molecular flexibility index (Phi) is 7.10. The van der Waals surface area contributed by atoms with Crippen molar-refractivity contribution in [3.8, 4) is 5.75 Å². The van der Waals surface area contributed by atoms with Crippen molar-refractivity contribution in [2.45, 2.75) is 6.54 Å². The minimum atomic E-state index is 0.152. The van der Waals surface area contributed by atoms with Gasteiger partial charge in [-0.05, 0) is 17.7 Å². The number of hydrogen-bond acceptors (Lipinski definition) is 4. The first-order valence-corrected chi connectivity index (χ1v) is 6.16. The normalized spacial score (nSPS) is 10.6. The maximum atomic E-state index is 8.91. The molecule has 0 heterocycles. The summed E-state index contributed by atoms with van der Waals surface area (Å²) in [5.74, 6) is 0.842. The van der Waals surface area contributed by atoms with E-state index in [0.717, 1.165) is 24.4 Å². The molecule has 1 aromatic rings. The summed E-state index contributed by atoms with van der Waals surface area (Å²) < 4.78 is 5.63. The summed E-state index contributed by atoms with van der Waals surface area (Å²) in [5, 5.41) is 8.91. The molecule has 3 N–H and O–H groups in total. The number of aliphatic hydroxyl groups is 1. The fourth-order valence-corrected chi connectivity index (χ4v) is 1.63. The maximum absolute atomic E-state index is 8.91. The van der Waals surface area contributed by atoms with E-state index < -0.39 is 0 Å². The number of benzene rings is 1. The Morgan fingerprint density at radius 3 is 2.56 bits per heavy atom. The van der Waals surface area contributed by atoms with E-state index >= 15 is 0 Å². The van der Waals surface area contributed by atoms with Gasteiger partial charge in [-0.25, -0.2) is 0 Å². The SMILES string of the molecule is C=CCN(CCO)CCOc1ccc(CN)cc1. The molecule has 0 aliphatic heterocycles. The lowest BCUT2D eigenvalue weighted by Gasteiger charge is -2.19. The predicted molar refractivity (Wildman–Crippen MR) is 73.6 cm³/mol. The van der Waals surface area contributed by atoms with Gasteiger partial charge in [0, 0.05) is 26.2 Å². The van der Waals surface area contributed by atoms with E-state index in [1.807, 2.05) is 30.3 Å². The number of rotatable bonds is 9. The van der Waals surface area contributed by atoms with Gasteiger partial charge in [0.1, 0.15) is 12.4 Å². The lowest BCUT2D eigenvalue weighted by atomic mass is 10.2. The third-order valence-corrected chi connectivity index (χ3v) is 2.64. The van der Waals surface area contributed by atoms with Crippen molar-refractivity contribution >= 4 is 0 Å². The topological polar surface area (TPSA) is 58.7 Å². The molecule has 0 aliphatic rings. The zero-order valence-electron chi connectivity index (χ0n) is 10.7. The van der Waals surface area contributed by atoms with Crippen LogP contribution in [0.1, 0.15) is 5.56 Å². The van der Waals surface area contributed by atoms with Gasteiger partial charge in [0.2, 0.25) is 0 Å². The third-order valence-electron chi connectivity index (χ3n) is 2.64. The number of ether oxygens (including phenoxy) is 1. The molecule has 0 amide bonds. The van der Waals surface area contributed by atoms with E-state index in [4.69, 9.17) is 15.6 Å². The third kappa shape index (κ3) is 5.31. The largest absolute Gasteiger partial charge is 0.492 e. The van der Waals surface area contributed by atoms with E-state index in [0.29, 0.717) is 19.7 Å². The molecule has 0 spiro atoms. The Balaban J connectivity index is 2.32.